The molecule has 1 aliphatic rings. The van der Waals surface area contributed by atoms with E-state index < -0.39 is 21.4 Å². The maximum Gasteiger partial charge on any atom is 0.418 e. The van der Waals surface area contributed by atoms with Crippen molar-refractivity contribution in [1.82, 2.24) is 4.72 Å². The first-order chi connectivity index (χ1) is 8.83. The molecule has 0 radical (unpaired) electrons. The number of benzene rings is 1. The number of epoxide rings is 1. The topological polar surface area (TPSA) is 96.0 Å². The fraction of sp³-hybridized carbons (Fsp3) is 0.417. The van der Waals surface area contributed by atoms with Gasteiger partial charge in [-0.25, -0.2) is 17.9 Å². The van der Waals surface area contributed by atoms with Crippen LogP contribution in [-0.2, 0) is 14.8 Å². The molecule has 2 atom stereocenters. The highest BCUT2D eigenvalue weighted by molar-refractivity contribution is 7.90. The first kappa shape index (κ1) is 15.5. The molecule has 1 aromatic carbocycles. The van der Waals surface area contributed by atoms with E-state index in [2.05, 4.69) is 6.92 Å². The summed E-state index contributed by atoms with van der Waals surface area (Å²) in [5.74, 6) is 0. The van der Waals surface area contributed by atoms with E-state index in [1.165, 1.54) is 11.6 Å². The lowest BCUT2D eigenvalue weighted by molar-refractivity contribution is 0.201. The minimum Gasteiger partial charge on any atom is -0.464 e. The predicted octanol–water partition coefficient (Wildman–Crippen LogP) is 1.75. The summed E-state index contributed by atoms with van der Waals surface area (Å²) in [6, 6.07) is 8.41. The molecule has 1 aliphatic heterocycles. The molecule has 1 amide bonds. The van der Waals surface area contributed by atoms with E-state index in [0.29, 0.717) is 11.7 Å². The van der Waals surface area contributed by atoms with Crippen molar-refractivity contribution >= 4 is 16.1 Å². The Morgan fingerprint density at radius 1 is 1.42 bits per heavy atom. The Balaban J connectivity index is 0.000000382. The van der Waals surface area contributed by atoms with E-state index in [9.17, 15) is 13.2 Å². The van der Waals surface area contributed by atoms with Gasteiger partial charge in [0.05, 0.1) is 12.7 Å². The van der Waals surface area contributed by atoms with Crippen LogP contribution >= 0.6 is 0 Å². The quantitative estimate of drug-likeness (QED) is 0.826. The molecule has 0 spiro atoms. The summed E-state index contributed by atoms with van der Waals surface area (Å²) in [6.45, 7) is 4.47. The van der Waals surface area contributed by atoms with Gasteiger partial charge in [0.1, 0.15) is 5.25 Å². The third kappa shape index (κ3) is 5.71. The van der Waals surface area contributed by atoms with Crippen molar-refractivity contribution in [3.8, 4) is 0 Å². The maximum atomic E-state index is 11.4. The molecule has 106 valence electrons. The van der Waals surface area contributed by atoms with Crippen LogP contribution in [0.15, 0.2) is 30.3 Å². The molecular formula is C12H17NO5S. The summed E-state index contributed by atoms with van der Waals surface area (Å²) in [6.07, 6.45) is -0.988. The number of rotatable bonds is 3. The number of carbonyl (C=O) groups is 1. The van der Waals surface area contributed by atoms with E-state index in [4.69, 9.17) is 9.84 Å². The molecular weight excluding hydrogens is 270 g/mol. The van der Waals surface area contributed by atoms with Crippen LogP contribution in [0.5, 0.6) is 0 Å². The van der Waals surface area contributed by atoms with Crippen molar-refractivity contribution in [2.24, 2.45) is 0 Å². The SMILES string of the molecule is CC(c1ccccc1)S(=O)(=O)NC(=O)O.CC1CO1. The molecule has 0 aromatic heterocycles. The summed E-state index contributed by atoms with van der Waals surface area (Å²) < 4.78 is 29.1. The van der Waals surface area contributed by atoms with Crippen molar-refractivity contribution < 1.29 is 23.1 Å². The Labute approximate surface area is 112 Å². The number of nitrogens with one attached hydrogen (secondary N) is 1. The van der Waals surface area contributed by atoms with Gasteiger partial charge in [0.15, 0.2) is 0 Å². The maximum absolute atomic E-state index is 11.4. The Morgan fingerprint density at radius 3 is 2.26 bits per heavy atom. The van der Waals surface area contributed by atoms with Gasteiger partial charge >= 0.3 is 6.09 Å². The van der Waals surface area contributed by atoms with Gasteiger partial charge in [-0.2, -0.15) is 0 Å². The van der Waals surface area contributed by atoms with Crippen molar-refractivity contribution in [2.45, 2.75) is 25.2 Å². The normalized spacial score (nSPS) is 18.7. The average molecular weight is 287 g/mol. The number of hydrogen-bond acceptors (Lipinski definition) is 4. The minimum absolute atomic E-state index is 0.547. The van der Waals surface area contributed by atoms with Crippen molar-refractivity contribution in [3.05, 3.63) is 35.9 Å². The van der Waals surface area contributed by atoms with Crippen LogP contribution in [0.2, 0.25) is 0 Å². The summed E-state index contributed by atoms with van der Waals surface area (Å²) >= 11 is 0. The second kappa shape index (κ2) is 6.53. The first-order valence-electron chi connectivity index (χ1n) is 5.74. The molecule has 19 heavy (non-hydrogen) atoms. The molecule has 1 saturated heterocycles. The van der Waals surface area contributed by atoms with Gasteiger partial charge in [-0.3, -0.25) is 0 Å². The third-order valence-electron chi connectivity index (χ3n) is 2.46. The number of carboxylic acid groups (broad SMARTS) is 1. The monoisotopic (exact) mass is 287 g/mol. The first-order valence-corrected chi connectivity index (χ1v) is 7.28. The van der Waals surface area contributed by atoms with Crippen molar-refractivity contribution in [1.29, 1.82) is 0 Å². The molecule has 0 aliphatic carbocycles. The smallest absolute Gasteiger partial charge is 0.418 e. The van der Waals surface area contributed by atoms with E-state index >= 15 is 0 Å². The summed E-state index contributed by atoms with van der Waals surface area (Å²) in [4.78, 5) is 10.3. The largest absolute Gasteiger partial charge is 0.464 e. The van der Waals surface area contributed by atoms with Crippen LogP contribution < -0.4 is 4.72 Å². The van der Waals surface area contributed by atoms with Crippen LogP contribution in [0, 0.1) is 0 Å². The number of amides is 1. The highest BCUT2D eigenvalue weighted by Gasteiger charge is 2.23. The second-order valence-electron chi connectivity index (χ2n) is 4.15. The lowest BCUT2D eigenvalue weighted by Gasteiger charge is -2.12. The lowest BCUT2D eigenvalue weighted by Crippen LogP contribution is -2.32. The Kier molecular flexibility index (Phi) is 5.31. The van der Waals surface area contributed by atoms with E-state index in [1.807, 2.05) is 0 Å². The number of ether oxygens (including phenoxy) is 1. The van der Waals surface area contributed by atoms with Gasteiger partial charge in [-0.15, -0.1) is 0 Å². The lowest BCUT2D eigenvalue weighted by atomic mass is 10.2. The molecule has 2 rings (SSSR count). The average Bonchev–Trinajstić information content (AvgIpc) is 3.11. The zero-order chi connectivity index (χ0) is 14.5. The standard InChI is InChI=1S/C9H11NO4S.C3H6O/c1-7(8-5-3-2-4-6-8)15(13,14)10-9(11)12;1-3-2-4-3/h2-7,10H,1H3,(H,11,12);3H,2H2,1H3. The van der Waals surface area contributed by atoms with Crippen LogP contribution in [0.3, 0.4) is 0 Å². The minimum atomic E-state index is -3.86. The van der Waals surface area contributed by atoms with E-state index in [1.54, 1.807) is 30.3 Å². The van der Waals surface area contributed by atoms with Crippen LogP contribution in [0.4, 0.5) is 4.79 Å². The van der Waals surface area contributed by atoms with Gasteiger partial charge in [0.2, 0.25) is 10.0 Å². The number of hydrogen-bond donors (Lipinski definition) is 2. The van der Waals surface area contributed by atoms with E-state index in [0.717, 1.165) is 6.61 Å². The molecule has 7 heteroatoms. The Hall–Kier alpha value is -1.60. The van der Waals surface area contributed by atoms with E-state index in [-0.39, 0.29) is 0 Å². The zero-order valence-corrected chi connectivity index (χ0v) is 11.6. The van der Waals surface area contributed by atoms with Gasteiger partial charge in [-0.1, -0.05) is 30.3 Å². The summed E-state index contributed by atoms with van der Waals surface area (Å²) in [5, 5.41) is 7.46. The predicted molar refractivity (Wildman–Crippen MR) is 70.4 cm³/mol. The van der Waals surface area contributed by atoms with Crippen molar-refractivity contribution in [3.63, 3.8) is 0 Å². The Bertz CT molecular complexity index is 510. The molecule has 0 saturated carbocycles. The van der Waals surface area contributed by atoms with Gasteiger partial charge in [0.25, 0.3) is 0 Å². The third-order valence-corrected chi connectivity index (χ3v) is 4.13. The molecule has 1 aromatic rings. The molecule has 6 nitrogen and oxygen atoms in total. The number of sulfonamides is 1. The fourth-order valence-corrected chi connectivity index (χ4v) is 2.15. The van der Waals surface area contributed by atoms with Crippen LogP contribution in [0.25, 0.3) is 0 Å². The highest BCUT2D eigenvalue weighted by atomic mass is 32.2. The van der Waals surface area contributed by atoms with Gasteiger partial charge < -0.3 is 9.84 Å². The van der Waals surface area contributed by atoms with Crippen LogP contribution in [0.1, 0.15) is 24.7 Å². The molecule has 1 fully saturated rings. The molecule has 0 bridgehead atoms. The highest BCUT2D eigenvalue weighted by Crippen LogP contribution is 2.19. The van der Waals surface area contributed by atoms with Gasteiger partial charge in [0, 0.05) is 0 Å². The van der Waals surface area contributed by atoms with Gasteiger partial charge in [-0.05, 0) is 19.4 Å². The second-order valence-corrected chi connectivity index (χ2v) is 6.15. The fourth-order valence-electron chi connectivity index (χ4n) is 1.21. The zero-order valence-electron chi connectivity index (χ0n) is 10.7. The summed E-state index contributed by atoms with van der Waals surface area (Å²) in [5.41, 5.74) is 0.547. The molecule has 1 heterocycles. The molecule has 2 N–H and O–H groups in total. The van der Waals surface area contributed by atoms with Crippen LogP contribution in [-0.4, -0.2) is 32.3 Å². The summed E-state index contributed by atoms with van der Waals surface area (Å²) in [7, 11) is -3.86. The molecule has 2 unspecified atom stereocenters. The Morgan fingerprint density at radius 2 is 1.89 bits per heavy atom. The van der Waals surface area contributed by atoms with Crippen molar-refractivity contribution in [2.75, 3.05) is 6.61 Å².